The molecule has 1 aromatic rings. The van der Waals surface area contributed by atoms with Crippen LogP contribution in [0.5, 0.6) is 0 Å². The predicted octanol–water partition coefficient (Wildman–Crippen LogP) is 1.51. The number of piperidine rings is 1. The Kier molecular flexibility index (Phi) is 5.61. The van der Waals surface area contributed by atoms with E-state index < -0.39 is 0 Å². The quantitative estimate of drug-likeness (QED) is 0.859. The molecule has 20 heavy (non-hydrogen) atoms. The van der Waals surface area contributed by atoms with E-state index >= 15 is 0 Å². The molecule has 2 rings (SSSR count). The number of aryl methyl sites for hydroxylation is 1. The summed E-state index contributed by atoms with van der Waals surface area (Å²) < 4.78 is 7.54. The molecule has 112 valence electrons. The van der Waals surface area contributed by atoms with Crippen LogP contribution in [0.4, 0.5) is 0 Å². The van der Waals surface area contributed by atoms with Crippen LogP contribution in [0.25, 0.3) is 0 Å². The standard InChI is InChI=1S/C15H24N2O3/c1-2-7-16-8-3-4-14(16)15(19)17-9-5-13(6-10-17)20-12-11-18/h3-4,8,13,18H,2,5-7,9-12H2,1H3. The Morgan fingerprint density at radius 3 is 2.85 bits per heavy atom. The second-order valence-electron chi connectivity index (χ2n) is 5.17. The number of aliphatic hydroxyl groups excluding tert-OH is 1. The molecule has 1 fully saturated rings. The molecular formula is C15H24N2O3. The van der Waals surface area contributed by atoms with Gasteiger partial charge in [0.15, 0.2) is 0 Å². The molecule has 1 aliphatic rings. The summed E-state index contributed by atoms with van der Waals surface area (Å²) in [6, 6.07) is 3.83. The van der Waals surface area contributed by atoms with E-state index in [0.717, 1.165) is 44.6 Å². The third-order valence-electron chi connectivity index (χ3n) is 3.69. The van der Waals surface area contributed by atoms with E-state index in [9.17, 15) is 4.79 Å². The minimum absolute atomic E-state index is 0.0592. The zero-order valence-corrected chi connectivity index (χ0v) is 12.1. The average Bonchev–Trinajstić information content (AvgIpc) is 2.93. The summed E-state index contributed by atoms with van der Waals surface area (Å²) in [6.45, 7) is 4.89. The lowest BCUT2D eigenvalue weighted by molar-refractivity contribution is -0.00573. The summed E-state index contributed by atoms with van der Waals surface area (Å²) in [5.74, 6) is 0.115. The van der Waals surface area contributed by atoms with Crippen molar-refractivity contribution in [1.82, 2.24) is 9.47 Å². The first-order valence-corrected chi connectivity index (χ1v) is 7.43. The molecule has 2 heterocycles. The summed E-state index contributed by atoms with van der Waals surface area (Å²) in [4.78, 5) is 14.4. The van der Waals surface area contributed by atoms with Crippen molar-refractivity contribution in [2.75, 3.05) is 26.3 Å². The number of carbonyl (C=O) groups is 1. The van der Waals surface area contributed by atoms with Crippen molar-refractivity contribution in [1.29, 1.82) is 0 Å². The van der Waals surface area contributed by atoms with Gasteiger partial charge in [0.25, 0.3) is 5.91 Å². The molecule has 0 saturated carbocycles. The van der Waals surface area contributed by atoms with Crippen LogP contribution >= 0.6 is 0 Å². The molecule has 0 aromatic carbocycles. The SMILES string of the molecule is CCCn1cccc1C(=O)N1CCC(OCCO)CC1. The highest BCUT2D eigenvalue weighted by Gasteiger charge is 2.25. The van der Waals surface area contributed by atoms with Gasteiger partial charge in [0.1, 0.15) is 5.69 Å². The highest BCUT2D eigenvalue weighted by molar-refractivity contribution is 5.92. The summed E-state index contributed by atoms with van der Waals surface area (Å²) in [5.41, 5.74) is 0.779. The fraction of sp³-hybridized carbons (Fsp3) is 0.667. The van der Waals surface area contributed by atoms with Crippen molar-refractivity contribution in [3.8, 4) is 0 Å². The van der Waals surface area contributed by atoms with Crippen LogP contribution in [0.2, 0.25) is 0 Å². The summed E-state index contributed by atoms with van der Waals surface area (Å²) in [6.07, 6.45) is 4.86. The maximum absolute atomic E-state index is 12.5. The van der Waals surface area contributed by atoms with Crippen LogP contribution in [0.15, 0.2) is 18.3 Å². The summed E-state index contributed by atoms with van der Waals surface area (Å²) >= 11 is 0. The molecule has 0 spiro atoms. The van der Waals surface area contributed by atoms with Crippen LogP contribution in [-0.4, -0.2) is 52.9 Å². The predicted molar refractivity (Wildman–Crippen MR) is 76.7 cm³/mol. The Hall–Kier alpha value is -1.33. The summed E-state index contributed by atoms with van der Waals surface area (Å²) in [7, 11) is 0. The fourth-order valence-corrected chi connectivity index (χ4v) is 2.65. The fourth-order valence-electron chi connectivity index (χ4n) is 2.65. The van der Waals surface area contributed by atoms with Crippen molar-refractivity contribution in [2.24, 2.45) is 0 Å². The topological polar surface area (TPSA) is 54.7 Å². The largest absolute Gasteiger partial charge is 0.394 e. The number of aromatic nitrogens is 1. The van der Waals surface area contributed by atoms with Gasteiger partial charge in [0.2, 0.25) is 0 Å². The zero-order valence-electron chi connectivity index (χ0n) is 12.1. The van der Waals surface area contributed by atoms with E-state index in [1.807, 2.05) is 27.8 Å². The van der Waals surface area contributed by atoms with Crippen LogP contribution in [0, 0.1) is 0 Å². The number of hydrogen-bond acceptors (Lipinski definition) is 3. The van der Waals surface area contributed by atoms with Crippen LogP contribution in [0.1, 0.15) is 36.7 Å². The van der Waals surface area contributed by atoms with E-state index in [2.05, 4.69) is 6.92 Å². The molecule has 1 saturated heterocycles. The molecule has 0 atom stereocenters. The number of likely N-dealkylation sites (tertiary alicyclic amines) is 1. The van der Waals surface area contributed by atoms with Gasteiger partial charge >= 0.3 is 0 Å². The summed E-state index contributed by atoms with van der Waals surface area (Å²) in [5, 5.41) is 8.75. The van der Waals surface area contributed by atoms with E-state index in [-0.39, 0.29) is 18.6 Å². The van der Waals surface area contributed by atoms with Crippen molar-refractivity contribution >= 4 is 5.91 Å². The molecule has 0 bridgehead atoms. The molecule has 0 radical (unpaired) electrons. The highest BCUT2D eigenvalue weighted by Crippen LogP contribution is 2.17. The lowest BCUT2D eigenvalue weighted by Crippen LogP contribution is -2.41. The van der Waals surface area contributed by atoms with Crippen molar-refractivity contribution in [2.45, 2.75) is 38.8 Å². The van der Waals surface area contributed by atoms with E-state index in [0.29, 0.717) is 6.61 Å². The first kappa shape index (κ1) is 15.1. The molecule has 1 N–H and O–H groups in total. The minimum atomic E-state index is 0.0592. The van der Waals surface area contributed by atoms with Crippen molar-refractivity contribution in [3.63, 3.8) is 0 Å². The Bertz CT molecular complexity index is 423. The number of hydrogen-bond donors (Lipinski definition) is 1. The Balaban J connectivity index is 1.89. The normalized spacial score (nSPS) is 16.6. The molecule has 1 aromatic heterocycles. The van der Waals surface area contributed by atoms with Gasteiger partial charge in [0, 0.05) is 25.8 Å². The molecule has 1 aliphatic heterocycles. The smallest absolute Gasteiger partial charge is 0.270 e. The number of nitrogens with zero attached hydrogens (tertiary/aromatic N) is 2. The van der Waals surface area contributed by atoms with Gasteiger partial charge in [-0.15, -0.1) is 0 Å². The third-order valence-corrected chi connectivity index (χ3v) is 3.69. The number of ether oxygens (including phenoxy) is 1. The Morgan fingerprint density at radius 2 is 2.20 bits per heavy atom. The van der Waals surface area contributed by atoms with E-state index in [4.69, 9.17) is 9.84 Å². The Labute approximate surface area is 120 Å². The van der Waals surface area contributed by atoms with E-state index in [1.54, 1.807) is 0 Å². The second-order valence-corrected chi connectivity index (χ2v) is 5.17. The second kappa shape index (κ2) is 7.45. The van der Waals surface area contributed by atoms with Crippen molar-refractivity contribution in [3.05, 3.63) is 24.0 Å². The monoisotopic (exact) mass is 280 g/mol. The van der Waals surface area contributed by atoms with Gasteiger partial charge in [-0.3, -0.25) is 4.79 Å². The number of carbonyl (C=O) groups excluding carboxylic acids is 1. The van der Waals surface area contributed by atoms with Gasteiger partial charge in [-0.05, 0) is 31.4 Å². The minimum Gasteiger partial charge on any atom is -0.394 e. The molecule has 5 heteroatoms. The van der Waals surface area contributed by atoms with Crippen molar-refractivity contribution < 1.29 is 14.6 Å². The van der Waals surface area contributed by atoms with E-state index in [1.165, 1.54) is 0 Å². The number of aliphatic hydroxyl groups is 1. The van der Waals surface area contributed by atoms with Gasteiger partial charge in [-0.25, -0.2) is 0 Å². The van der Waals surface area contributed by atoms with Gasteiger partial charge in [-0.1, -0.05) is 6.92 Å². The molecular weight excluding hydrogens is 256 g/mol. The molecule has 1 amide bonds. The Morgan fingerprint density at radius 1 is 1.45 bits per heavy atom. The zero-order chi connectivity index (χ0) is 14.4. The first-order chi connectivity index (χ1) is 9.76. The lowest BCUT2D eigenvalue weighted by Gasteiger charge is -2.32. The maximum atomic E-state index is 12.5. The average molecular weight is 280 g/mol. The van der Waals surface area contributed by atoms with Crippen LogP contribution in [0.3, 0.4) is 0 Å². The number of amides is 1. The third kappa shape index (κ3) is 3.61. The highest BCUT2D eigenvalue weighted by atomic mass is 16.5. The lowest BCUT2D eigenvalue weighted by atomic mass is 10.1. The molecule has 0 aliphatic carbocycles. The first-order valence-electron chi connectivity index (χ1n) is 7.43. The van der Waals surface area contributed by atoms with Gasteiger partial charge < -0.3 is 19.3 Å². The maximum Gasteiger partial charge on any atom is 0.270 e. The van der Waals surface area contributed by atoms with Crippen LogP contribution < -0.4 is 0 Å². The molecule has 0 unspecified atom stereocenters. The van der Waals surface area contributed by atoms with Gasteiger partial charge in [0.05, 0.1) is 19.3 Å². The van der Waals surface area contributed by atoms with Crippen LogP contribution in [-0.2, 0) is 11.3 Å². The number of rotatable bonds is 6. The molecule has 5 nitrogen and oxygen atoms in total. The van der Waals surface area contributed by atoms with Gasteiger partial charge in [-0.2, -0.15) is 0 Å².